The second-order valence-electron chi connectivity index (χ2n) is 4.53. The van der Waals surface area contributed by atoms with E-state index < -0.39 is 0 Å². The van der Waals surface area contributed by atoms with Gasteiger partial charge < -0.3 is 11.1 Å². The van der Waals surface area contributed by atoms with Crippen LogP contribution >= 0.6 is 35.0 Å². The molecule has 1 aromatic rings. The smallest absolute Gasteiger partial charge is 0.227 e. The van der Waals surface area contributed by atoms with Gasteiger partial charge in [-0.1, -0.05) is 12.5 Å². The highest BCUT2D eigenvalue weighted by Crippen LogP contribution is 2.31. The number of halogens is 2. The molecule has 3 nitrogen and oxygen atoms in total. The summed E-state index contributed by atoms with van der Waals surface area (Å²) in [5, 5.41) is 2.99. The van der Waals surface area contributed by atoms with Crippen LogP contribution in [0.25, 0.3) is 0 Å². The molecule has 3 N–H and O–H groups in total. The highest BCUT2D eigenvalue weighted by Gasteiger charge is 2.31. The Morgan fingerprint density at radius 3 is 2.89 bits per heavy atom. The predicted molar refractivity (Wildman–Crippen MR) is 84.9 cm³/mol. The van der Waals surface area contributed by atoms with Crippen molar-refractivity contribution in [2.75, 3.05) is 11.9 Å². The summed E-state index contributed by atoms with van der Waals surface area (Å²) in [6.45, 7) is 0.615. The van der Waals surface area contributed by atoms with Crippen molar-refractivity contribution < 1.29 is 4.79 Å². The van der Waals surface area contributed by atoms with E-state index in [0.717, 1.165) is 28.5 Å². The van der Waals surface area contributed by atoms with E-state index in [4.69, 9.17) is 5.73 Å². The minimum atomic E-state index is 0. The molecule has 1 aromatic carbocycles. The summed E-state index contributed by atoms with van der Waals surface area (Å²) >= 11 is 2.24. The van der Waals surface area contributed by atoms with Crippen LogP contribution in [-0.4, -0.2) is 12.5 Å². The van der Waals surface area contributed by atoms with Crippen molar-refractivity contribution in [3.63, 3.8) is 0 Å². The highest BCUT2D eigenvalue weighted by atomic mass is 127. The van der Waals surface area contributed by atoms with Crippen LogP contribution in [0.15, 0.2) is 24.3 Å². The first-order valence-corrected chi connectivity index (χ1v) is 7.05. The lowest BCUT2D eigenvalue weighted by molar-refractivity contribution is -0.120. The van der Waals surface area contributed by atoms with Crippen molar-refractivity contribution in [3.8, 4) is 0 Å². The standard InChI is InChI=1S/C13H17IN2O.ClH/c14-10-4-2-5-11(7-10)16-13(17)12-6-1-3-9(12)8-15;/h2,4-5,7,9,12H,1,3,6,8,15H2,(H,16,17);1H/t9-,12-;/m1./s1. The van der Waals surface area contributed by atoms with E-state index in [0.29, 0.717) is 12.5 Å². The number of carbonyl (C=O) groups excluding carboxylic acids is 1. The molecular formula is C13H18ClIN2O. The number of rotatable bonds is 3. The first-order valence-electron chi connectivity index (χ1n) is 5.97. The average Bonchev–Trinajstić information content (AvgIpc) is 2.77. The zero-order valence-corrected chi connectivity index (χ0v) is 13.0. The molecule has 1 aliphatic carbocycles. The zero-order chi connectivity index (χ0) is 12.3. The van der Waals surface area contributed by atoms with Gasteiger partial charge >= 0.3 is 0 Å². The van der Waals surface area contributed by atoms with Gasteiger partial charge in [-0.2, -0.15) is 0 Å². The lowest BCUT2D eigenvalue weighted by atomic mass is 9.95. The quantitative estimate of drug-likeness (QED) is 0.792. The maximum absolute atomic E-state index is 12.1. The molecule has 0 aliphatic heterocycles. The zero-order valence-electron chi connectivity index (χ0n) is 10.1. The van der Waals surface area contributed by atoms with Gasteiger partial charge in [-0.05, 0) is 66.1 Å². The largest absolute Gasteiger partial charge is 0.330 e. The van der Waals surface area contributed by atoms with E-state index >= 15 is 0 Å². The molecule has 0 spiro atoms. The van der Waals surface area contributed by atoms with Crippen molar-refractivity contribution >= 4 is 46.6 Å². The van der Waals surface area contributed by atoms with Crippen LogP contribution in [0.1, 0.15) is 19.3 Å². The number of benzene rings is 1. The molecule has 0 bridgehead atoms. The Labute approximate surface area is 127 Å². The van der Waals surface area contributed by atoms with Gasteiger partial charge in [0.25, 0.3) is 0 Å². The Morgan fingerprint density at radius 2 is 2.22 bits per heavy atom. The Morgan fingerprint density at radius 1 is 1.44 bits per heavy atom. The van der Waals surface area contributed by atoms with Crippen LogP contribution in [0.5, 0.6) is 0 Å². The topological polar surface area (TPSA) is 55.1 Å². The van der Waals surface area contributed by atoms with Crippen LogP contribution < -0.4 is 11.1 Å². The second-order valence-corrected chi connectivity index (χ2v) is 5.78. The van der Waals surface area contributed by atoms with Crippen molar-refractivity contribution in [3.05, 3.63) is 27.8 Å². The van der Waals surface area contributed by atoms with Crippen molar-refractivity contribution in [2.24, 2.45) is 17.6 Å². The van der Waals surface area contributed by atoms with E-state index in [1.54, 1.807) is 0 Å². The Kier molecular flexibility index (Phi) is 6.38. The Balaban J connectivity index is 0.00000162. The lowest BCUT2D eigenvalue weighted by Crippen LogP contribution is -2.29. The molecule has 0 radical (unpaired) electrons. The van der Waals surface area contributed by atoms with Crippen molar-refractivity contribution in [1.29, 1.82) is 0 Å². The fraction of sp³-hybridized carbons (Fsp3) is 0.462. The molecule has 0 heterocycles. The molecule has 1 aliphatic rings. The van der Waals surface area contributed by atoms with Crippen molar-refractivity contribution in [2.45, 2.75) is 19.3 Å². The Hall–Kier alpha value is -0.330. The van der Waals surface area contributed by atoms with Gasteiger partial charge in [0.2, 0.25) is 5.91 Å². The minimum Gasteiger partial charge on any atom is -0.330 e. The molecule has 5 heteroatoms. The van der Waals surface area contributed by atoms with E-state index in [1.165, 1.54) is 0 Å². The summed E-state index contributed by atoms with van der Waals surface area (Å²) in [4.78, 5) is 12.1. The first kappa shape index (κ1) is 15.7. The van der Waals surface area contributed by atoms with Crippen LogP contribution in [0.4, 0.5) is 5.69 Å². The van der Waals surface area contributed by atoms with Crippen LogP contribution in [-0.2, 0) is 4.79 Å². The van der Waals surface area contributed by atoms with Crippen LogP contribution in [0.2, 0.25) is 0 Å². The summed E-state index contributed by atoms with van der Waals surface area (Å²) in [5.41, 5.74) is 6.58. The third kappa shape index (κ3) is 3.83. The molecule has 0 aromatic heterocycles. The fourth-order valence-corrected chi connectivity index (χ4v) is 3.01. The molecule has 2 atom stereocenters. The molecule has 1 amide bonds. The van der Waals surface area contributed by atoms with Gasteiger partial charge in [0.1, 0.15) is 0 Å². The van der Waals surface area contributed by atoms with Gasteiger partial charge in [0, 0.05) is 15.2 Å². The molecule has 18 heavy (non-hydrogen) atoms. The van der Waals surface area contributed by atoms with Crippen molar-refractivity contribution in [1.82, 2.24) is 0 Å². The maximum atomic E-state index is 12.1. The van der Waals surface area contributed by atoms with Gasteiger partial charge in [-0.15, -0.1) is 12.4 Å². The molecule has 1 fully saturated rings. The summed E-state index contributed by atoms with van der Waals surface area (Å²) in [7, 11) is 0. The summed E-state index contributed by atoms with van der Waals surface area (Å²) in [5.74, 6) is 0.579. The molecular weight excluding hydrogens is 363 g/mol. The summed E-state index contributed by atoms with van der Waals surface area (Å²) < 4.78 is 1.13. The number of hydrogen-bond donors (Lipinski definition) is 2. The highest BCUT2D eigenvalue weighted by molar-refractivity contribution is 14.1. The number of carbonyl (C=O) groups is 1. The van der Waals surface area contributed by atoms with Crippen LogP contribution in [0.3, 0.4) is 0 Å². The monoisotopic (exact) mass is 380 g/mol. The number of nitrogens with one attached hydrogen (secondary N) is 1. The van der Waals surface area contributed by atoms with E-state index in [-0.39, 0.29) is 24.2 Å². The molecule has 1 saturated carbocycles. The van der Waals surface area contributed by atoms with E-state index in [2.05, 4.69) is 27.9 Å². The number of nitrogens with two attached hydrogens (primary N) is 1. The predicted octanol–water partition coefficient (Wildman–Crippen LogP) is 3.03. The number of anilines is 1. The van der Waals surface area contributed by atoms with E-state index in [9.17, 15) is 4.79 Å². The SMILES string of the molecule is Cl.NC[C@H]1CCC[C@H]1C(=O)Nc1cccc(I)c1. The third-order valence-electron chi connectivity index (χ3n) is 3.39. The maximum Gasteiger partial charge on any atom is 0.227 e. The first-order chi connectivity index (χ1) is 8.20. The van der Waals surface area contributed by atoms with Gasteiger partial charge in [-0.25, -0.2) is 0 Å². The summed E-state index contributed by atoms with van der Waals surface area (Å²) in [6.07, 6.45) is 3.17. The minimum absolute atomic E-state index is 0. The summed E-state index contributed by atoms with van der Waals surface area (Å²) in [6, 6.07) is 7.86. The normalized spacial score (nSPS) is 22.3. The Bertz CT molecular complexity index is 414. The number of hydrogen-bond acceptors (Lipinski definition) is 2. The molecule has 0 saturated heterocycles. The third-order valence-corrected chi connectivity index (χ3v) is 4.06. The van der Waals surface area contributed by atoms with Crippen LogP contribution in [0, 0.1) is 15.4 Å². The van der Waals surface area contributed by atoms with E-state index in [1.807, 2.05) is 24.3 Å². The molecule has 100 valence electrons. The lowest BCUT2D eigenvalue weighted by Gasteiger charge is -2.17. The fourth-order valence-electron chi connectivity index (χ4n) is 2.47. The number of amides is 1. The van der Waals surface area contributed by atoms with Gasteiger partial charge in [0.05, 0.1) is 0 Å². The second kappa shape index (κ2) is 7.31. The van der Waals surface area contributed by atoms with Gasteiger partial charge in [-0.3, -0.25) is 4.79 Å². The molecule has 2 rings (SSSR count). The molecule has 0 unspecified atom stereocenters. The average molecular weight is 381 g/mol. The van der Waals surface area contributed by atoms with Gasteiger partial charge in [0.15, 0.2) is 0 Å².